The standard InChI is InChI=1S/C8H8Cl2O.C2H6/c1-11-5-6-2-7(9)4-8(10)3-6;1-2/h2-4H,5H2,1H3;1-2H3. The summed E-state index contributed by atoms with van der Waals surface area (Å²) >= 11 is 11.5. The minimum atomic E-state index is 0.542. The summed E-state index contributed by atoms with van der Waals surface area (Å²) in [5, 5.41) is 1.29. The van der Waals surface area contributed by atoms with Crippen LogP contribution in [0.15, 0.2) is 18.2 Å². The van der Waals surface area contributed by atoms with E-state index in [0.717, 1.165) is 5.56 Å². The summed E-state index contributed by atoms with van der Waals surface area (Å²) in [5.74, 6) is 0. The van der Waals surface area contributed by atoms with Crippen LogP contribution in [0.25, 0.3) is 0 Å². The van der Waals surface area contributed by atoms with Crippen LogP contribution in [0.4, 0.5) is 0 Å². The van der Waals surface area contributed by atoms with Gasteiger partial charge in [-0.2, -0.15) is 0 Å². The highest BCUT2D eigenvalue weighted by atomic mass is 35.5. The molecule has 0 spiro atoms. The van der Waals surface area contributed by atoms with Gasteiger partial charge in [0.15, 0.2) is 0 Å². The van der Waals surface area contributed by atoms with E-state index in [1.807, 2.05) is 26.0 Å². The molecule has 0 aliphatic heterocycles. The van der Waals surface area contributed by atoms with Gasteiger partial charge < -0.3 is 4.74 Å². The third kappa shape index (κ3) is 5.14. The van der Waals surface area contributed by atoms with E-state index in [0.29, 0.717) is 16.7 Å². The van der Waals surface area contributed by atoms with Crippen molar-refractivity contribution in [1.29, 1.82) is 0 Å². The molecule has 1 nitrogen and oxygen atoms in total. The molecule has 0 aliphatic carbocycles. The van der Waals surface area contributed by atoms with E-state index >= 15 is 0 Å². The molecule has 0 unspecified atom stereocenters. The summed E-state index contributed by atoms with van der Waals surface area (Å²) in [6.07, 6.45) is 0. The van der Waals surface area contributed by atoms with Crippen LogP contribution in [0.1, 0.15) is 19.4 Å². The third-order valence-corrected chi connectivity index (χ3v) is 1.67. The first-order valence-corrected chi connectivity index (χ1v) is 4.92. The van der Waals surface area contributed by atoms with Crippen molar-refractivity contribution >= 4 is 23.2 Å². The van der Waals surface area contributed by atoms with Crippen LogP contribution in [-0.2, 0) is 11.3 Å². The predicted octanol–water partition coefficient (Wildman–Crippen LogP) is 4.17. The summed E-state index contributed by atoms with van der Waals surface area (Å²) in [7, 11) is 1.63. The van der Waals surface area contributed by atoms with Crippen molar-refractivity contribution in [2.75, 3.05) is 7.11 Å². The lowest BCUT2D eigenvalue weighted by atomic mass is 10.2. The van der Waals surface area contributed by atoms with Crippen LogP contribution in [-0.4, -0.2) is 7.11 Å². The van der Waals surface area contributed by atoms with E-state index < -0.39 is 0 Å². The second-order valence-corrected chi connectivity index (χ2v) is 3.08. The zero-order chi connectivity index (χ0) is 10.3. The van der Waals surface area contributed by atoms with Crippen LogP contribution in [0.2, 0.25) is 10.0 Å². The molecule has 0 saturated heterocycles. The first kappa shape index (κ1) is 12.8. The molecule has 0 bridgehead atoms. The molecule has 0 N–H and O–H groups in total. The van der Waals surface area contributed by atoms with E-state index in [1.54, 1.807) is 13.2 Å². The van der Waals surface area contributed by atoms with Gasteiger partial charge in [-0.3, -0.25) is 0 Å². The zero-order valence-electron chi connectivity index (χ0n) is 8.10. The number of rotatable bonds is 2. The first-order valence-electron chi connectivity index (χ1n) is 4.16. The van der Waals surface area contributed by atoms with E-state index in [9.17, 15) is 0 Å². The fourth-order valence-corrected chi connectivity index (χ4v) is 1.43. The number of hydrogen-bond donors (Lipinski definition) is 0. The Morgan fingerprint density at radius 3 is 1.92 bits per heavy atom. The average molecular weight is 221 g/mol. The smallest absolute Gasteiger partial charge is 0.0714 e. The van der Waals surface area contributed by atoms with Gasteiger partial charge in [-0.25, -0.2) is 0 Å². The van der Waals surface area contributed by atoms with Gasteiger partial charge >= 0.3 is 0 Å². The van der Waals surface area contributed by atoms with Crippen molar-refractivity contribution < 1.29 is 4.74 Å². The topological polar surface area (TPSA) is 9.23 Å². The van der Waals surface area contributed by atoms with Gasteiger partial charge in [0.2, 0.25) is 0 Å². The Morgan fingerprint density at radius 1 is 1.08 bits per heavy atom. The first-order chi connectivity index (χ1) is 6.22. The molecule has 0 atom stereocenters. The second-order valence-electron chi connectivity index (χ2n) is 2.21. The molecular formula is C10H14Cl2O. The van der Waals surface area contributed by atoms with E-state index in [-0.39, 0.29) is 0 Å². The van der Waals surface area contributed by atoms with Gasteiger partial charge in [-0.1, -0.05) is 37.0 Å². The zero-order valence-corrected chi connectivity index (χ0v) is 9.62. The molecule has 0 aromatic heterocycles. The Bertz CT molecular complexity index is 228. The maximum absolute atomic E-state index is 5.75. The Kier molecular flexibility index (Phi) is 7.06. The van der Waals surface area contributed by atoms with Crippen molar-refractivity contribution in [3.8, 4) is 0 Å². The number of benzene rings is 1. The minimum Gasteiger partial charge on any atom is -0.380 e. The summed E-state index contributed by atoms with van der Waals surface area (Å²) in [6.45, 7) is 4.54. The van der Waals surface area contributed by atoms with Crippen molar-refractivity contribution in [1.82, 2.24) is 0 Å². The average Bonchev–Trinajstić information content (AvgIpc) is 2.06. The molecule has 0 heterocycles. The fraction of sp³-hybridized carbons (Fsp3) is 0.400. The van der Waals surface area contributed by atoms with Gasteiger partial charge in [0.25, 0.3) is 0 Å². The highest BCUT2D eigenvalue weighted by Gasteiger charge is 1.96. The lowest BCUT2D eigenvalue weighted by Gasteiger charge is -2.00. The molecule has 1 aromatic rings. The molecule has 0 saturated carbocycles. The van der Waals surface area contributed by atoms with Crippen LogP contribution in [0.3, 0.4) is 0 Å². The molecule has 0 radical (unpaired) electrons. The number of hydrogen-bond acceptors (Lipinski definition) is 1. The van der Waals surface area contributed by atoms with Crippen molar-refractivity contribution in [2.45, 2.75) is 20.5 Å². The number of ether oxygens (including phenoxy) is 1. The molecule has 74 valence electrons. The van der Waals surface area contributed by atoms with Gasteiger partial charge in [0.05, 0.1) is 6.61 Å². The number of halogens is 2. The summed E-state index contributed by atoms with van der Waals surface area (Å²) in [6, 6.07) is 5.36. The maximum Gasteiger partial charge on any atom is 0.0714 e. The third-order valence-electron chi connectivity index (χ3n) is 1.23. The molecular weight excluding hydrogens is 207 g/mol. The monoisotopic (exact) mass is 220 g/mol. The Morgan fingerprint density at radius 2 is 1.54 bits per heavy atom. The quantitative estimate of drug-likeness (QED) is 0.728. The minimum absolute atomic E-state index is 0.542. The highest BCUT2D eigenvalue weighted by molar-refractivity contribution is 6.34. The van der Waals surface area contributed by atoms with Crippen molar-refractivity contribution in [2.24, 2.45) is 0 Å². The van der Waals surface area contributed by atoms with E-state index in [1.165, 1.54) is 0 Å². The Balaban J connectivity index is 0.000000671. The maximum atomic E-state index is 5.75. The fourth-order valence-electron chi connectivity index (χ4n) is 0.861. The van der Waals surface area contributed by atoms with E-state index in [4.69, 9.17) is 27.9 Å². The second kappa shape index (κ2) is 7.19. The van der Waals surface area contributed by atoms with Gasteiger partial charge in [0, 0.05) is 17.2 Å². The Hall–Kier alpha value is -0.240. The van der Waals surface area contributed by atoms with Crippen molar-refractivity contribution in [3.05, 3.63) is 33.8 Å². The molecule has 3 heteroatoms. The summed E-state index contributed by atoms with van der Waals surface area (Å²) in [4.78, 5) is 0. The number of methoxy groups -OCH3 is 1. The van der Waals surface area contributed by atoms with Gasteiger partial charge in [-0.15, -0.1) is 0 Å². The highest BCUT2D eigenvalue weighted by Crippen LogP contribution is 2.19. The van der Waals surface area contributed by atoms with Crippen LogP contribution >= 0.6 is 23.2 Å². The Labute approximate surface area is 89.6 Å². The SMILES string of the molecule is CC.COCc1cc(Cl)cc(Cl)c1. The van der Waals surface area contributed by atoms with Gasteiger partial charge in [0.1, 0.15) is 0 Å². The lowest BCUT2D eigenvalue weighted by Crippen LogP contribution is -1.86. The lowest BCUT2D eigenvalue weighted by molar-refractivity contribution is 0.185. The van der Waals surface area contributed by atoms with Crippen LogP contribution < -0.4 is 0 Å². The molecule has 0 aliphatic rings. The molecule has 0 amide bonds. The van der Waals surface area contributed by atoms with Crippen LogP contribution in [0, 0.1) is 0 Å². The van der Waals surface area contributed by atoms with Crippen molar-refractivity contribution in [3.63, 3.8) is 0 Å². The normalized spacial score (nSPS) is 9.00. The molecule has 13 heavy (non-hydrogen) atoms. The summed E-state index contributed by atoms with van der Waals surface area (Å²) < 4.78 is 4.92. The van der Waals surface area contributed by atoms with E-state index in [2.05, 4.69) is 0 Å². The molecule has 1 rings (SSSR count). The molecule has 1 aromatic carbocycles. The predicted molar refractivity (Wildman–Crippen MR) is 58.5 cm³/mol. The summed E-state index contributed by atoms with van der Waals surface area (Å²) in [5.41, 5.74) is 0.991. The van der Waals surface area contributed by atoms with Gasteiger partial charge in [-0.05, 0) is 23.8 Å². The largest absolute Gasteiger partial charge is 0.380 e. The van der Waals surface area contributed by atoms with Crippen LogP contribution in [0.5, 0.6) is 0 Å². The molecule has 0 fully saturated rings.